The third kappa shape index (κ3) is 4.22. The van der Waals surface area contributed by atoms with E-state index in [0.29, 0.717) is 10.1 Å². The third-order valence-corrected chi connectivity index (χ3v) is 6.69. The van der Waals surface area contributed by atoms with Crippen LogP contribution in [0.4, 0.5) is 11.4 Å². The van der Waals surface area contributed by atoms with Crippen LogP contribution in [0.3, 0.4) is 0 Å². The minimum absolute atomic E-state index is 0.100. The Morgan fingerprint density at radius 2 is 1.65 bits per heavy atom. The molecule has 1 amide bonds. The second-order valence-electron chi connectivity index (χ2n) is 8.23. The lowest BCUT2D eigenvalue weighted by atomic mass is 10.0. The molecule has 0 atom stereocenters. The van der Waals surface area contributed by atoms with Crippen LogP contribution in [0.1, 0.15) is 16.7 Å². The minimum atomic E-state index is -0.100. The van der Waals surface area contributed by atoms with Crippen molar-refractivity contribution < 1.29 is 9.53 Å². The molecule has 5 heteroatoms. The second-order valence-corrected chi connectivity index (χ2v) is 9.24. The summed E-state index contributed by atoms with van der Waals surface area (Å²) in [4.78, 5) is 20.9. The Hall–Kier alpha value is -3.83. The van der Waals surface area contributed by atoms with Crippen molar-refractivity contribution in [1.82, 2.24) is 0 Å². The van der Waals surface area contributed by atoms with Crippen LogP contribution in [0.2, 0.25) is 0 Å². The first-order valence-electron chi connectivity index (χ1n) is 11.1. The van der Waals surface area contributed by atoms with Gasteiger partial charge in [-0.3, -0.25) is 9.69 Å². The van der Waals surface area contributed by atoms with Crippen molar-refractivity contribution in [3.63, 3.8) is 0 Å². The van der Waals surface area contributed by atoms with E-state index < -0.39 is 0 Å². The number of amides is 1. The number of nitrogens with zero attached hydrogens (tertiary/aromatic N) is 2. The van der Waals surface area contributed by atoms with Gasteiger partial charge in [-0.2, -0.15) is 0 Å². The fraction of sp³-hybridized carbons (Fsp3) is 0.103. The zero-order chi connectivity index (χ0) is 23.7. The van der Waals surface area contributed by atoms with Crippen molar-refractivity contribution >= 4 is 51.1 Å². The fourth-order valence-electron chi connectivity index (χ4n) is 4.09. The Labute approximate surface area is 203 Å². The van der Waals surface area contributed by atoms with Crippen molar-refractivity contribution in [2.24, 2.45) is 4.99 Å². The van der Waals surface area contributed by atoms with E-state index in [1.54, 1.807) is 12.0 Å². The number of benzene rings is 4. The molecule has 1 saturated heterocycles. The molecule has 0 N–H and O–H groups in total. The number of anilines is 1. The molecule has 0 spiro atoms. The monoisotopic (exact) mass is 464 g/mol. The molecule has 0 aromatic heterocycles. The summed E-state index contributed by atoms with van der Waals surface area (Å²) in [5.74, 6) is 0.628. The highest BCUT2D eigenvalue weighted by molar-refractivity contribution is 8.19. The molecule has 1 fully saturated rings. The van der Waals surface area contributed by atoms with Crippen LogP contribution in [0.15, 0.2) is 94.8 Å². The highest BCUT2D eigenvalue weighted by Crippen LogP contribution is 2.40. The van der Waals surface area contributed by atoms with Crippen molar-refractivity contribution in [3.05, 3.63) is 107 Å². The first-order valence-corrected chi connectivity index (χ1v) is 11.9. The summed E-state index contributed by atoms with van der Waals surface area (Å²) < 4.78 is 5.65. The summed E-state index contributed by atoms with van der Waals surface area (Å²) in [6, 6.07) is 28.0. The predicted octanol–water partition coefficient (Wildman–Crippen LogP) is 7.27. The van der Waals surface area contributed by atoms with Gasteiger partial charge in [0.2, 0.25) is 0 Å². The number of carbonyl (C=O) groups excluding carboxylic acids is 1. The highest BCUT2D eigenvalue weighted by atomic mass is 32.2. The number of carbonyl (C=O) groups is 1. The van der Waals surface area contributed by atoms with Gasteiger partial charge < -0.3 is 4.74 Å². The Balaban J connectivity index is 1.66. The molecule has 4 aromatic rings. The normalized spacial score (nSPS) is 16.1. The number of aryl methyl sites for hydroxylation is 2. The fourth-order valence-corrected chi connectivity index (χ4v) is 5.07. The number of rotatable bonds is 4. The molecule has 4 aromatic carbocycles. The van der Waals surface area contributed by atoms with E-state index in [1.807, 2.05) is 92.7 Å². The van der Waals surface area contributed by atoms with Gasteiger partial charge in [0.1, 0.15) is 5.75 Å². The summed E-state index contributed by atoms with van der Waals surface area (Å²) >= 11 is 1.38. The smallest absolute Gasteiger partial charge is 0.271 e. The molecule has 5 rings (SSSR count). The van der Waals surface area contributed by atoms with Gasteiger partial charge in [-0.1, -0.05) is 54.6 Å². The van der Waals surface area contributed by atoms with Crippen molar-refractivity contribution in [2.45, 2.75) is 13.8 Å². The molecular formula is C29H24N2O2S. The Morgan fingerprint density at radius 3 is 2.41 bits per heavy atom. The van der Waals surface area contributed by atoms with Gasteiger partial charge in [0.15, 0.2) is 5.17 Å². The van der Waals surface area contributed by atoms with E-state index in [0.717, 1.165) is 44.6 Å². The second kappa shape index (κ2) is 9.20. The number of thioether (sulfide) groups is 1. The van der Waals surface area contributed by atoms with E-state index >= 15 is 0 Å². The Bertz CT molecular complexity index is 1470. The molecule has 0 bridgehead atoms. The van der Waals surface area contributed by atoms with E-state index in [-0.39, 0.29) is 5.91 Å². The van der Waals surface area contributed by atoms with Gasteiger partial charge in [0, 0.05) is 5.56 Å². The summed E-state index contributed by atoms with van der Waals surface area (Å²) in [5.41, 5.74) is 4.71. The Kier molecular flexibility index (Phi) is 5.95. The lowest BCUT2D eigenvalue weighted by Crippen LogP contribution is -2.28. The zero-order valence-electron chi connectivity index (χ0n) is 19.3. The molecule has 1 aliphatic rings. The number of hydrogen-bond donors (Lipinski definition) is 0. The first-order chi connectivity index (χ1) is 16.5. The van der Waals surface area contributed by atoms with Gasteiger partial charge in [-0.15, -0.1) is 0 Å². The van der Waals surface area contributed by atoms with Crippen LogP contribution < -0.4 is 9.64 Å². The topological polar surface area (TPSA) is 41.9 Å². The van der Waals surface area contributed by atoms with Crippen LogP contribution >= 0.6 is 11.8 Å². The molecule has 1 heterocycles. The lowest BCUT2D eigenvalue weighted by Gasteiger charge is -2.16. The van der Waals surface area contributed by atoms with Crippen molar-refractivity contribution in [2.75, 3.05) is 12.0 Å². The van der Waals surface area contributed by atoms with Crippen LogP contribution in [-0.4, -0.2) is 18.2 Å². The number of amidine groups is 1. The van der Waals surface area contributed by atoms with E-state index in [9.17, 15) is 4.79 Å². The number of aliphatic imine (C=N–C) groups is 1. The van der Waals surface area contributed by atoms with Crippen LogP contribution in [0.5, 0.6) is 5.75 Å². The van der Waals surface area contributed by atoms with Crippen LogP contribution in [-0.2, 0) is 4.79 Å². The molecule has 1 aliphatic heterocycles. The number of ether oxygens (including phenoxy) is 1. The standard InChI is InChI=1S/C29H24N2O2S/c1-19-8-6-11-22(16-19)30-29-31(23-12-7-9-20(2)17-23)28(32)27(34-29)18-25-24-13-5-4-10-21(24)14-15-26(25)33-3/h4-18H,1-3H3/b27-18-,30-29?. The van der Waals surface area contributed by atoms with E-state index in [1.165, 1.54) is 11.8 Å². The molecule has 4 nitrogen and oxygen atoms in total. The average Bonchev–Trinajstić information content (AvgIpc) is 3.13. The van der Waals surface area contributed by atoms with E-state index in [2.05, 4.69) is 12.1 Å². The maximum atomic E-state index is 13.7. The minimum Gasteiger partial charge on any atom is -0.496 e. The average molecular weight is 465 g/mol. The highest BCUT2D eigenvalue weighted by Gasteiger charge is 2.35. The Morgan fingerprint density at radius 1 is 0.882 bits per heavy atom. The molecule has 0 radical (unpaired) electrons. The molecule has 0 aliphatic carbocycles. The van der Waals surface area contributed by atoms with Gasteiger partial charge in [0.05, 0.1) is 23.4 Å². The quantitative estimate of drug-likeness (QED) is 0.298. The van der Waals surface area contributed by atoms with E-state index in [4.69, 9.17) is 9.73 Å². The molecule has 0 saturated carbocycles. The molecule has 168 valence electrons. The largest absolute Gasteiger partial charge is 0.496 e. The molecule has 0 unspecified atom stereocenters. The SMILES string of the molecule is COc1ccc2ccccc2c1/C=C1\SC(=Nc2cccc(C)c2)N(c2cccc(C)c2)C1=O. The molecule has 34 heavy (non-hydrogen) atoms. The predicted molar refractivity (Wildman–Crippen MR) is 143 cm³/mol. The van der Waals surface area contributed by atoms with Gasteiger partial charge in [-0.05, 0) is 83.9 Å². The van der Waals surface area contributed by atoms with Crippen LogP contribution in [0.25, 0.3) is 16.8 Å². The molecular weight excluding hydrogens is 440 g/mol. The number of methoxy groups -OCH3 is 1. The van der Waals surface area contributed by atoms with Gasteiger partial charge in [-0.25, -0.2) is 4.99 Å². The van der Waals surface area contributed by atoms with Crippen molar-refractivity contribution in [1.29, 1.82) is 0 Å². The lowest BCUT2D eigenvalue weighted by molar-refractivity contribution is -0.113. The first kappa shape index (κ1) is 22.0. The van der Waals surface area contributed by atoms with Gasteiger partial charge in [0.25, 0.3) is 5.91 Å². The number of fused-ring (bicyclic) bond motifs is 1. The maximum absolute atomic E-state index is 13.7. The summed E-state index contributed by atoms with van der Waals surface area (Å²) in [6.07, 6.45) is 1.93. The van der Waals surface area contributed by atoms with Gasteiger partial charge >= 0.3 is 0 Å². The third-order valence-electron chi connectivity index (χ3n) is 5.72. The zero-order valence-corrected chi connectivity index (χ0v) is 20.1. The summed E-state index contributed by atoms with van der Waals surface area (Å²) in [7, 11) is 1.65. The van der Waals surface area contributed by atoms with Crippen molar-refractivity contribution in [3.8, 4) is 5.75 Å². The summed E-state index contributed by atoms with van der Waals surface area (Å²) in [5, 5.41) is 2.76. The number of hydrogen-bond acceptors (Lipinski definition) is 4. The summed E-state index contributed by atoms with van der Waals surface area (Å²) in [6.45, 7) is 4.05. The van der Waals surface area contributed by atoms with Crippen LogP contribution in [0, 0.1) is 13.8 Å². The maximum Gasteiger partial charge on any atom is 0.271 e.